The lowest BCUT2D eigenvalue weighted by atomic mass is 9.86. The van der Waals surface area contributed by atoms with Gasteiger partial charge in [-0.2, -0.15) is 0 Å². The van der Waals surface area contributed by atoms with Crippen LogP contribution >= 0.6 is 0 Å². The van der Waals surface area contributed by atoms with E-state index in [-0.39, 0.29) is 35.7 Å². The van der Waals surface area contributed by atoms with Gasteiger partial charge < -0.3 is 14.6 Å². The second-order valence-corrected chi connectivity index (χ2v) is 10.1. The van der Waals surface area contributed by atoms with Crippen LogP contribution in [-0.4, -0.2) is 29.1 Å². The molecule has 0 fully saturated rings. The van der Waals surface area contributed by atoms with Crippen molar-refractivity contribution in [1.29, 1.82) is 0 Å². The molecular weight excluding hydrogens is 431 g/mol. The molecule has 3 aromatic rings. The third-order valence-corrected chi connectivity index (χ3v) is 6.57. The van der Waals surface area contributed by atoms with Crippen LogP contribution in [0.5, 0.6) is 0 Å². The van der Waals surface area contributed by atoms with E-state index in [1.807, 2.05) is 16.7 Å². The number of nitrogens with one attached hydrogen (secondary N) is 1. The van der Waals surface area contributed by atoms with Gasteiger partial charge in [-0.05, 0) is 66.5 Å². The van der Waals surface area contributed by atoms with Crippen LogP contribution in [0.15, 0.2) is 42.5 Å². The van der Waals surface area contributed by atoms with Crippen molar-refractivity contribution in [3.63, 3.8) is 0 Å². The number of rotatable bonds is 6. The predicted octanol–water partition coefficient (Wildman–Crippen LogP) is 4.86. The first-order valence-electron chi connectivity index (χ1n) is 12.0. The van der Waals surface area contributed by atoms with Crippen molar-refractivity contribution in [2.75, 3.05) is 6.61 Å². The number of amides is 1. The van der Waals surface area contributed by atoms with Gasteiger partial charge in [-0.1, -0.05) is 45.0 Å². The summed E-state index contributed by atoms with van der Waals surface area (Å²) in [5.74, 6) is -0.633. The first kappa shape index (κ1) is 24.0. The van der Waals surface area contributed by atoms with Gasteiger partial charge in [0.05, 0.1) is 13.0 Å². The highest BCUT2D eigenvalue weighted by atomic mass is 19.1. The van der Waals surface area contributed by atoms with E-state index in [4.69, 9.17) is 4.74 Å². The molecule has 180 valence electrons. The number of carbonyl (C=O) groups excluding carboxylic acids is 2. The van der Waals surface area contributed by atoms with Crippen LogP contribution in [0.25, 0.3) is 10.9 Å². The number of ether oxygens (including phenoxy) is 1. The second-order valence-electron chi connectivity index (χ2n) is 10.1. The van der Waals surface area contributed by atoms with Gasteiger partial charge in [0.2, 0.25) is 5.91 Å². The lowest BCUT2D eigenvalue weighted by molar-refractivity contribution is -0.143. The molecule has 1 amide bonds. The number of halogens is 1. The number of nitrogens with zero attached hydrogens (tertiary/aromatic N) is 1. The molecular formula is C28H33FN2O3. The molecule has 1 aliphatic rings. The molecule has 0 unspecified atom stereocenters. The van der Waals surface area contributed by atoms with Gasteiger partial charge in [0, 0.05) is 22.6 Å². The third-order valence-electron chi connectivity index (χ3n) is 6.57. The largest absolute Gasteiger partial charge is 0.465 e. The normalized spacial score (nSPS) is 15.7. The van der Waals surface area contributed by atoms with Crippen molar-refractivity contribution < 1.29 is 18.7 Å². The molecule has 0 spiro atoms. The molecule has 5 nitrogen and oxygen atoms in total. The number of fused-ring (bicyclic) bond motifs is 3. The summed E-state index contributed by atoms with van der Waals surface area (Å²) in [6.07, 6.45) is 2.41. The summed E-state index contributed by atoms with van der Waals surface area (Å²) in [4.78, 5) is 25.0. The minimum Gasteiger partial charge on any atom is -0.465 e. The molecule has 1 heterocycles. The Balaban J connectivity index is 1.49. The van der Waals surface area contributed by atoms with Crippen molar-refractivity contribution in [1.82, 2.24) is 9.88 Å². The Morgan fingerprint density at radius 3 is 2.56 bits per heavy atom. The van der Waals surface area contributed by atoms with E-state index in [2.05, 4.69) is 38.2 Å². The van der Waals surface area contributed by atoms with E-state index in [0.29, 0.717) is 25.9 Å². The van der Waals surface area contributed by atoms with Gasteiger partial charge in [0.1, 0.15) is 12.4 Å². The molecule has 4 rings (SSSR count). The van der Waals surface area contributed by atoms with Crippen LogP contribution in [0.4, 0.5) is 4.39 Å². The zero-order valence-corrected chi connectivity index (χ0v) is 20.4. The van der Waals surface area contributed by atoms with Crippen molar-refractivity contribution in [2.24, 2.45) is 0 Å². The molecule has 0 radical (unpaired) electrons. The fourth-order valence-electron chi connectivity index (χ4n) is 4.85. The highest BCUT2D eigenvalue weighted by Crippen LogP contribution is 2.33. The Morgan fingerprint density at radius 1 is 1.15 bits per heavy atom. The fraction of sp³-hybridized carbons (Fsp3) is 0.429. The SMILES string of the molecule is CCOC(=O)Cn1c2c(c3cc(F)ccc31)C[C@@H](NC(=O)Cc1ccc(C(C)(C)C)cc1)CC2. The maximum Gasteiger partial charge on any atom is 0.325 e. The molecule has 2 aromatic carbocycles. The maximum atomic E-state index is 14.1. The Kier molecular flexibility index (Phi) is 6.78. The summed E-state index contributed by atoms with van der Waals surface area (Å²) in [6.45, 7) is 8.71. The lowest BCUT2D eigenvalue weighted by Crippen LogP contribution is -2.39. The molecule has 0 saturated carbocycles. The standard InChI is InChI=1S/C28H33FN2O3/c1-5-34-27(33)17-31-24-12-10-20(29)15-22(24)23-16-21(11-13-25(23)31)30-26(32)14-18-6-8-19(9-7-18)28(2,3)4/h6-10,12,15,21H,5,11,13-14,16-17H2,1-4H3,(H,30,32)/t21-/m0/s1. The van der Waals surface area contributed by atoms with E-state index in [1.165, 1.54) is 17.7 Å². The molecule has 1 aromatic heterocycles. The van der Waals surface area contributed by atoms with E-state index in [1.54, 1.807) is 13.0 Å². The summed E-state index contributed by atoms with van der Waals surface area (Å²) in [6, 6.07) is 12.8. The average Bonchev–Trinajstić information content (AvgIpc) is 3.06. The summed E-state index contributed by atoms with van der Waals surface area (Å²) < 4.78 is 21.2. The quantitative estimate of drug-likeness (QED) is 0.530. The van der Waals surface area contributed by atoms with Crippen LogP contribution in [0.2, 0.25) is 0 Å². The van der Waals surface area contributed by atoms with Gasteiger partial charge in [-0.15, -0.1) is 0 Å². The number of carbonyl (C=O) groups is 2. The smallest absolute Gasteiger partial charge is 0.325 e. The fourth-order valence-corrected chi connectivity index (χ4v) is 4.85. The van der Waals surface area contributed by atoms with Crippen LogP contribution in [0.1, 0.15) is 56.5 Å². The minimum absolute atomic E-state index is 0.0154. The molecule has 34 heavy (non-hydrogen) atoms. The van der Waals surface area contributed by atoms with Gasteiger partial charge >= 0.3 is 5.97 Å². The minimum atomic E-state index is -0.312. The number of benzene rings is 2. The van der Waals surface area contributed by atoms with Crippen LogP contribution in [-0.2, 0) is 45.5 Å². The molecule has 1 N–H and O–H groups in total. The van der Waals surface area contributed by atoms with Crippen molar-refractivity contribution >= 4 is 22.8 Å². The molecule has 1 atom stereocenters. The molecule has 0 bridgehead atoms. The molecule has 0 saturated heterocycles. The summed E-state index contributed by atoms with van der Waals surface area (Å²) in [7, 11) is 0. The molecule has 0 aliphatic heterocycles. The Hall–Kier alpha value is -3.15. The predicted molar refractivity (Wildman–Crippen MR) is 131 cm³/mol. The second kappa shape index (κ2) is 9.61. The number of hydrogen-bond acceptors (Lipinski definition) is 3. The number of hydrogen-bond donors (Lipinski definition) is 1. The summed E-state index contributed by atoms with van der Waals surface area (Å²) in [5, 5.41) is 3.97. The topological polar surface area (TPSA) is 60.3 Å². The number of aromatic nitrogens is 1. The van der Waals surface area contributed by atoms with Crippen LogP contribution in [0.3, 0.4) is 0 Å². The van der Waals surface area contributed by atoms with Crippen molar-refractivity contribution in [3.8, 4) is 0 Å². The summed E-state index contributed by atoms with van der Waals surface area (Å²) >= 11 is 0. The zero-order valence-electron chi connectivity index (χ0n) is 20.4. The average molecular weight is 465 g/mol. The van der Waals surface area contributed by atoms with Crippen LogP contribution < -0.4 is 5.32 Å². The Bertz CT molecular complexity index is 1210. The first-order valence-corrected chi connectivity index (χ1v) is 12.0. The Labute approximate surface area is 200 Å². The van der Waals surface area contributed by atoms with Crippen molar-refractivity contribution in [2.45, 2.75) is 71.4 Å². The monoisotopic (exact) mass is 464 g/mol. The Morgan fingerprint density at radius 2 is 1.88 bits per heavy atom. The first-order chi connectivity index (χ1) is 16.2. The maximum absolute atomic E-state index is 14.1. The van der Waals surface area contributed by atoms with Gasteiger partial charge in [-0.3, -0.25) is 9.59 Å². The van der Waals surface area contributed by atoms with E-state index < -0.39 is 0 Å². The summed E-state index contributed by atoms with van der Waals surface area (Å²) in [5.41, 5.74) is 5.15. The van der Waals surface area contributed by atoms with Crippen LogP contribution in [0, 0.1) is 5.82 Å². The zero-order chi connectivity index (χ0) is 24.5. The molecule has 1 aliphatic carbocycles. The van der Waals surface area contributed by atoms with E-state index >= 15 is 0 Å². The van der Waals surface area contributed by atoms with E-state index in [9.17, 15) is 14.0 Å². The highest BCUT2D eigenvalue weighted by Gasteiger charge is 2.27. The van der Waals surface area contributed by atoms with Gasteiger partial charge in [0.25, 0.3) is 0 Å². The van der Waals surface area contributed by atoms with Crippen molar-refractivity contribution in [3.05, 3.63) is 70.7 Å². The third kappa shape index (κ3) is 5.16. The number of esters is 1. The molecule has 6 heteroatoms. The van der Waals surface area contributed by atoms with Gasteiger partial charge in [0.15, 0.2) is 0 Å². The lowest BCUT2D eigenvalue weighted by Gasteiger charge is -2.25. The van der Waals surface area contributed by atoms with E-state index in [0.717, 1.165) is 34.1 Å². The van der Waals surface area contributed by atoms with Gasteiger partial charge in [-0.25, -0.2) is 4.39 Å². The highest BCUT2D eigenvalue weighted by molar-refractivity contribution is 5.88.